The number of carbonyl (C=O) groups is 1. The molecule has 0 spiro atoms. The molecule has 3 N–H and O–H groups in total. The van der Waals surface area contributed by atoms with Gasteiger partial charge in [0.15, 0.2) is 0 Å². The fourth-order valence-corrected chi connectivity index (χ4v) is 2.93. The van der Waals surface area contributed by atoms with E-state index in [9.17, 15) is 4.79 Å². The minimum Gasteiger partial charge on any atom is -0.356 e. The smallest absolute Gasteiger partial charge is 0.221 e. The molecule has 0 saturated heterocycles. The summed E-state index contributed by atoms with van der Waals surface area (Å²) in [4.78, 5) is 14.1. The van der Waals surface area contributed by atoms with Crippen LogP contribution in [-0.4, -0.2) is 43.0 Å². The van der Waals surface area contributed by atoms with Gasteiger partial charge in [0.1, 0.15) is 0 Å². The zero-order valence-corrected chi connectivity index (χ0v) is 12.5. The summed E-state index contributed by atoms with van der Waals surface area (Å²) >= 11 is 0. The second kappa shape index (κ2) is 10.2. The van der Waals surface area contributed by atoms with Crippen LogP contribution in [-0.2, 0) is 4.79 Å². The molecule has 0 aromatic rings. The van der Waals surface area contributed by atoms with Crippen molar-refractivity contribution < 1.29 is 4.79 Å². The topological polar surface area (TPSA) is 58.4 Å². The normalized spacial score (nSPS) is 17.4. The van der Waals surface area contributed by atoms with Crippen molar-refractivity contribution in [3.05, 3.63) is 0 Å². The van der Waals surface area contributed by atoms with Gasteiger partial charge in [-0.05, 0) is 39.3 Å². The van der Waals surface area contributed by atoms with Crippen LogP contribution in [0.25, 0.3) is 0 Å². The van der Waals surface area contributed by atoms with E-state index in [4.69, 9.17) is 5.73 Å². The Labute approximate surface area is 118 Å². The first-order valence-electron chi connectivity index (χ1n) is 7.98. The maximum absolute atomic E-state index is 11.6. The molecule has 1 rings (SSSR count). The molecular formula is C15H31N3O. The maximum Gasteiger partial charge on any atom is 0.221 e. The highest BCUT2D eigenvalue weighted by atomic mass is 16.1. The first-order valence-corrected chi connectivity index (χ1v) is 7.98. The summed E-state index contributed by atoms with van der Waals surface area (Å²) in [6.45, 7) is 5.36. The third-order valence-electron chi connectivity index (χ3n) is 3.99. The van der Waals surface area contributed by atoms with Gasteiger partial charge in [-0.25, -0.2) is 0 Å². The largest absolute Gasteiger partial charge is 0.356 e. The van der Waals surface area contributed by atoms with Gasteiger partial charge in [-0.2, -0.15) is 0 Å². The number of nitrogens with one attached hydrogen (secondary N) is 1. The number of amides is 1. The summed E-state index contributed by atoms with van der Waals surface area (Å²) in [5.41, 5.74) is 5.63. The highest BCUT2D eigenvalue weighted by Crippen LogP contribution is 2.22. The Balaban J connectivity index is 2.42. The summed E-state index contributed by atoms with van der Waals surface area (Å²) in [7, 11) is 0. The van der Waals surface area contributed by atoms with Crippen molar-refractivity contribution in [1.82, 2.24) is 10.2 Å². The van der Waals surface area contributed by atoms with Gasteiger partial charge in [0.25, 0.3) is 0 Å². The molecule has 1 fully saturated rings. The number of hydrogen-bond acceptors (Lipinski definition) is 3. The SMILES string of the molecule is CCNC(=O)CCN(CCCN)C1CCCCCC1. The van der Waals surface area contributed by atoms with Crippen molar-refractivity contribution in [2.75, 3.05) is 26.2 Å². The van der Waals surface area contributed by atoms with Crippen LogP contribution in [0.1, 0.15) is 58.3 Å². The summed E-state index contributed by atoms with van der Waals surface area (Å²) in [5, 5.41) is 2.88. The number of nitrogens with zero attached hydrogens (tertiary/aromatic N) is 1. The van der Waals surface area contributed by atoms with Crippen LogP contribution in [0.4, 0.5) is 0 Å². The lowest BCUT2D eigenvalue weighted by atomic mass is 10.1. The van der Waals surface area contributed by atoms with E-state index in [-0.39, 0.29) is 5.91 Å². The molecule has 0 bridgehead atoms. The van der Waals surface area contributed by atoms with E-state index in [1.807, 2.05) is 6.92 Å². The quantitative estimate of drug-likeness (QED) is 0.662. The summed E-state index contributed by atoms with van der Waals surface area (Å²) < 4.78 is 0. The Bertz CT molecular complexity index is 238. The number of carbonyl (C=O) groups excluding carboxylic acids is 1. The number of rotatable bonds is 8. The summed E-state index contributed by atoms with van der Waals surface area (Å²) in [6.07, 6.45) is 9.66. The third kappa shape index (κ3) is 6.92. The van der Waals surface area contributed by atoms with Gasteiger partial charge in [0.05, 0.1) is 0 Å². The highest BCUT2D eigenvalue weighted by Gasteiger charge is 2.20. The van der Waals surface area contributed by atoms with Crippen LogP contribution in [0.3, 0.4) is 0 Å². The van der Waals surface area contributed by atoms with Crippen LogP contribution in [0.5, 0.6) is 0 Å². The van der Waals surface area contributed by atoms with Gasteiger partial charge in [-0.1, -0.05) is 25.7 Å². The van der Waals surface area contributed by atoms with Crippen molar-refractivity contribution in [2.24, 2.45) is 5.73 Å². The molecule has 1 amide bonds. The molecular weight excluding hydrogens is 238 g/mol. The first-order chi connectivity index (χ1) is 9.27. The molecule has 0 heterocycles. The Kier molecular flexibility index (Phi) is 8.84. The fourth-order valence-electron chi connectivity index (χ4n) is 2.93. The van der Waals surface area contributed by atoms with Crippen LogP contribution in [0.2, 0.25) is 0 Å². The van der Waals surface area contributed by atoms with Crippen LogP contribution in [0.15, 0.2) is 0 Å². The van der Waals surface area contributed by atoms with Crippen molar-refractivity contribution in [3.8, 4) is 0 Å². The highest BCUT2D eigenvalue weighted by molar-refractivity contribution is 5.75. The lowest BCUT2D eigenvalue weighted by Gasteiger charge is -2.31. The van der Waals surface area contributed by atoms with Crippen LogP contribution >= 0.6 is 0 Å². The molecule has 1 aliphatic rings. The number of hydrogen-bond donors (Lipinski definition) is 2. The lowest BCUT2D eigenvalue weighted by Crippen LogP contribution is -2.39. The lowest BCUT2D eigenvalue weighted by molar-refractivity contribution is -0.121. The van der Waals surface area contributed by atoms with Crippen molar-refractivity contribution >= 4 is 5.91 Å². The van der Waals surface area contributed by atoms with E-state index in [2.05, 4.69) is 10.2 Å². The Morgan fingerprint density at radius 1 is 1.21 bits per heavy atom. The van der Waals surface area contributed by atoms with E-state index in [1.54, 1.807) is 0 Å². The minimum atomic E-state index is 0.175. The molecule has 0 atom stereocenters. The summed E-state index contributed by atoms with van der Waals surface area (Å²) in [6, 6.07) is 0.670. The van der Waals surface area contributed by atoms with E-state index in [1.165, 1.54) is 38.5 Å². The molecule has 1 saturated carbocycles. The molecule has 1 aliphatic carbocycles. The average Bonchev–Trinajstić information content (AvgIpc) is 2.68. The Morgan fingerprint density at radius 3 is 2.47 bits per heavy atom. The molecule has 0 unspecified atom stereocenters. The Morgan fingerprint density at radius 2 is 1.89 bits per heavy atom. The second-order valence-electron chi connectivity index (χ2n) is 5.53. The average molecular weight is 269 g/mol. The molecule has 0 aromatic carbocycles. The van der Waals surface area contributed by atoms with Gasteiger partial charge in [-0.15, -0.1) is 0 Å². The summed E-state index contributed by atoms with van der Waals surface area (Å²) in [5.74, 6) is 0.175. The molecule has 19 heavy (non-hydrogen) atoms. The molecule has 4 nitrogen and oxygen atoms in total. The van der Waals surface area contributed by atoms with Gasteiger partial charge < -0.3 is 11.1 Å². The first kappa shape index (κ1) is 16.4. The van der Waals surface area contributed by atoms with Gasteiger partial charge >= 0.3 is 0 Å². The van der Waals surface area contributed by atoms with E-state index in [0.717, 1.165) is 32.6 Å². The van der Waals surface area contributed by atoms with E-state index >= 15 is 0 Å². The van der Waals surface area contributed by atoms with Crippen LogP contribution in [0, 0.1) is 0 Å². The maximum atomic E-state index is 11.6. The fraction of sp³-hybridized carbons (Fsp3) is 0.933. The van der Waals surface area contributed by atoms with Crippen molar-refractivity contribution in [2.45, 2.75) is 64.3 Å². The van der Waals surface area contributed by atoms with Gasteiger partial charge in [-0.3, -0.25) is 9.69 Å². The Hall–Kier alpha value is -0.610. The van der Waals surface area contributed by atoms with Crippen molar-refractivity contribution in [3.63, 3.8) is 0 Å². The molecule has 0 aromatic heterocycles. The van der Waals surface area contributed by atoms with Crippen molar-refractivity contribution in [1.29, 1.82) is 0 Å². The predicted molar refractivity (Wildman–Crippen MR) is 80.0 cm³/mol. The zero-order chi connectivity index (χ0) is 13.9. The monoisotopic (exact) mass is 269 g/mol. The van der Waals surface area contributed by atoms with E-state index in [0.29, 0.717) is 12.5 Å². The molecule has 112 valence electrons. The molecule has 0 aliphatic heterocycles. The second-order valence-corrected chi connectivity index (χ2v) is 5.53. The van der Waals surface area contributed by atoms with Gasteiger partial charge in [0, 0.05) is 25.6 Å². The standard InChI is InChI=1S/C15H31N3O/c1-2-17-15(19)10-13-18(12-7-11-16)14-8-5-3-4-6-9-14/h14H,2-13,16H2,1H3,(H,17,19). The molecule has 4 heteroatoms. The van der Waals surface area contributed by atoms with Crippen LogP contribution < -0.4 is 11.1 Å². The zero-order valence-electron chi connectivity index (χ0n) is 12.5. The van der Waals surface area contributed by atoms with Gasteiger partial charge in [0.2, 0.25) is 5.91 Å². The molecule has 0 radical (unpaired) electrons. The van der Waals surface area contributed by atoms with E-state index < -0.39 is 0 Å². The number of nitrogens with two attached hydrogens (primary N) is 1. The minimum absolute atomic E-state index is 0.175. The third-order valence-corrected chi connectivity index (χ3v) is 3.99. The predicted octanol–water partition coefficient (Wildman–Crippen LogP) is 1.89.